The molecule has 1 saturated carbocycles. The van der Waals surface area contributed by atoms with E-state index in [1.165, 1.54) is 12.8 Å². The van der Waals surface area contributed by atoms with Crippen molar-refractivity contribution in [3.8, 4) is 11.1 Å². The molecule has 0 aliphatic heterocycles. The van der Waals surface area contributed by atoms with Crippen molar-refractivity contribution in [2.45, 2.75) is 37.0 Å². The highest BCUT2D eigenvalue weighted by Crippen LogP contribution is 2.27. The zero-order valence-electron chi connectivity index (χ0n) is 15.7. The molecule has 26 heavy (non-hydrogen) atoms. The van der Waals surface area contributed by atoms with Crippen molar-refractivity contribution >= 4 is 23.4 Å². The Morgan fingerprint density at radius 1 is 1.15 bits per heavy atom. The van der Waals surface area contributed by atoms with E-state index in [9.17, 15) is 4.79 Å². The van der Waals surface area contributed by atoms with Crippen molar-refractivity contribution < 1.29 is 4.79 Å². The zero-order chi connectivity index (χ0) is 18.5. The van der Waals surface area contributed by atoms with E-state index in [0.717, 1.165) is 29.7 Å². The molecule has 0 bridgehead atoms. The average molecular weight is 370 g/mol. The maximum atomic E-state index is 12.7. The van der Waals surface area contributed by atoms with Crippen LogP contribution < -0.4 is 10.2 Å². The third-order valence-corrected chi connectivity index (χ3v) is 6.11. The molecular weight excluding hydrogens is 342 g/mol. The Hall–Kier alpha value is -2.01. The number of rotatable bonds is 5. The number of thioether (sulfide) groups is 1. The van der Waals surface area contributed by atoms with Gasteiger partial charge in [0.2, 0.25) is 0 Å². The van der Waals surface area contributed by atoms with Crippen LogP contribution in [0.3, 0.4) is 0 Å². The Labute approximate surface area is 160 Å². The molecule has 1 aromatic carbocycles. The maximum Gasteiger partial charge on any atom is 0.253 e. The van der Waals surface area contributed by atoms with Gasteiger partial charge in [0, 0.05) is 49.0 Å². The van der Waals surface area contributed by atoms with Crippen LogP contribution in [0.15, 0.2) is 42.7 Å². The number of nitrogens with one attached hydrogen (secondary N) is 1. The highest BCUT2D eigenvalue weighted by atomic mass is 32.2. The number of benzene rings is 1. The summed E-state index contributed by atoms with van der Waals surface area (Å²) >= 11 is 1.91. The third kappa shape index (κ3) is 4.58. The molecule has 1 aliphatic rings. The normalized spacial score (nSPS) is 19.8. The number of hydrogen-bond donors (Lipinski definition) is 1. The molecule has 138 valence electrons. The van der Waals surface area contributed by atoms with E-state index in [-0.39, 0.29) is 11.9 Å². The number of carbonyl (C=O) groups excluding carboxylic acids is 1. The zero-order valence-corrected chi connectivity index (χ0v) is 16.6. The van der Waals surface area contributed by atoms with E-state index in [2.05, 4.69) is 45.7 Å². The van der Waals surface area contributed by atoms with Crippen LogP contribution in [0.1, 0.15) is 36.0 Å². The fraction of sp³-hybridized carbons (Fsp3) is 0.429. The molecule has 0 spiro atoms. The predicted octanol–water partition coefficient (Wildman–Crippen LogP) is 4.22. The van der Waals surface area contributed by atoms with Gasteiger partial charge in [-0.15, -0.1) is 0 Å². The molecule has 1 N–H and O–H groups in total. The van der Waals surface area contributed by atoms with E-state index in [0.29, 0.717) is 10.8 Å². The van der Waals surface area contributed by atoms with Crippen molar-refractivity contribution in [3.63, 3.8) is 0 Å². The topological polar surface area (TPSA) is 45.2 Å². The minimum atomic E-state index is -0.0176. The van der Waals surface area contributed by atoms with E-state index < -0.39 is 0 Å². The Kier molecular flexibility index (Phi) is 6.20. The standard InChI is InChI=1S/C21H27N3OS/c1-24(2)19-9-7-15(8-10-19)16-11-17(14-22-13-16)21(25)23-18-5-4-6-20(12-18)26-3/h7-11,13-14,18,20H,4-6,12H2,1-3H3,(H,23,25)/t18-,20-/m0/s1. The molecule has 3 rings (SSSR count). The summed E-state index contributed by atoms with van der Waals surface area (Å²) in [6.07, 6.45) is 10.2. The van der Waals surface area contributed by atoms with Gasteiger partial charge in [0.1, 0.15) is 0 Å². The number of amides is 1. The fourth-order valence-electron chi connectivity index (χ4n) is 3.43. The summed E-state index contributed by atoms with van der Waals surface area (Å²) < 4.78 is 0. The summed E-state index contributed by atoms with van der Waals surface area (Å²) in [6, 6.07) is 10.5. The van der Waals surface area contributed by atoms with Crippen LogP contribution in [0.25, 0.3) is 11.1 Å². The van der Waals surface area contributed by atoms with Gasteiger partial charge in [-0.05, 0) is 49.3 Å². The first kappa shape index (κ1) is 18.8. The second-order valence-electron chi connectivity index (χ2n) is 7.10. The molecule has 1 aliphatic carbocycles. The van der Waals surface area contributed by atoms with Gasteiger partial charge < -0.3 is 10.2 Å². The molecule has 1 fully saturated rings. The lowest BCUT2D eigenvalue weighted by atomic mass is 9.94. The molecule has 0 saturated heterocycles. The first-order valence-electron chi connectivity index (χ1n) is 9.13. The number of hydrogen-bond acceptors (Lipinski definition) is 4. The summed E-state index contributed by atoms with van der Waals surface area (Å²) in [5.74, 6) is -0.0176. The van der Waals surface area contributed by atoms with Gasteiger partial charge in [-0.1, -0.05) is 18.6 Å². The molecule has 5 heteroatoms. The maximum absolute atomic E-state index is 12.7. The molecule has 1 amide bonds. The number of pyridine rings is 1. The molecule has 4 nitrogen and oxygen atoms in total. The van der Waals surface area contributed by atoms with Gasteiger partial charge in [-0.25, -0.2) is 0 Å². The first-order chi connectivity index (χ1) is 12.6. The fourth-order valence-corrected chi connectivity index (χ4v) is 4.26. The van der Waals surface area contributed by atoms with Crippen LogP contribution in [-0.4, -0.2) is 42.5 Å². The van der Waals surface area contributed by atoms with E-state index in [1.54, 1.807) is 6.20 Å². The van der Waals surface area contributed by atoms with Gasteiger partial charge in [-0.3, -0.25) is 9.78 Å². The monoisotopic (exact) mass is 369 g/mol. The highest BCUT2D eigenvalue weighted by molar-refractivity contribution is 7.99. The smallest absolute Gasteiger partial charge is 0.253 e. The molecular formula is C21H27N3OS. The van der Waals surface area contributed by atoms with Crippen LogP contribution in [0.4, 0.5) is 5.69 Å². The molecule has 2 aromatic rings. The van der Waals surface area contributed by atoms with Crippen LogP contribution in [-0.2, 0) is 0 Å². The van der Waals surface area contributed by atoms with Gasteiger partial charge in [0.25, 0.3) is 5.91 Å². The van der Waals surface area contributed by atoms with Gasteiger partial charge in [0.15, 0.2) is 0 Å². The molecule has 0 radical (unpaired) electrons. The SMILES string of the molecule is CS[C@H]1CCC[C@H](NC(=O)c2cncc(-c3ccc(N(C)C)cc3)c2)C1. The lowest BCUT2D eigenvalue weighted by Gasteiger charge is -2.28. The summed E-state index contributed by atoms with van der Waals surface area (Å²) in [5.41, 5.74) is 3.81. The molecule has 2 atom stereocenters. The van der Waals surface area contributed by atoms with Crippen LogP contribution >= 0.6 is 11.8 Å². The quantitative estimate of drug-likeness (QED) is 0.857. The van der Waals surface area contributed by atoms with Crippen molar-refractivity contribution in [1.29, 1.82) is 0 Å². The van der Waals surface area contributed by atoms with Crippen LogP contribution in [0.2, 0.25) is 0 Å². The number of anilines is 1. The van der Waals surface area contributed by atoms with Crippen molar-refractivity contribution in [2.24, 2.45) is 0 Å². The summed E-state index contributed by atoms with van der Waals surface area (Å²) in [7, 11) is 4.04. The van der Waals surface area contributed by atoms with Crippen LogP contribution in [0, 0.1) is 0 Å². The largest absolute Gasteiger partial charge is 0.378 e. The van der Waals surface area contributed by atoms with Gasteiger partial charge in [0.05, 0.1) is 5.56 Å². The minimum absolute atomic E-state index is 0.0176. The second kappa shape index (κ2) is 8.58. The number of carbonyl (C=O) groups is 1. The molecule has 0 unspecified atom stereocenters. The van der Waals surface area contributed by atoms with Crippen LogP contribution in [0.5, 0.6) is 0 Å². The second-order valence-corrected chi connectivity index (χ2v) is 8.24. The van der Waals surface area contributed by atoms with E-state index >= 15 is 0 Å². The first-order valence-corrected chi connectivity index (χ1v) is 10.4. The van der Waals surface area contributed by atoms with Crippen molar-refractivity contribution in [1.82, 2.24) is 10.3 Å². The van der Waals surface area contributed by atoms with Crippen molar-refractivity contribution in [2.75, 3.05) is 25.3 Å². The summed E-state index contributed by atoms with van der Waals surface area (Å²) in [4.78, 5) is 19.0. The average Bonchev–Trinajstić information content (AvgIpc) is 2.68. The third-order valence-electron chi connectivity index (χ3n) is 5.01. The molecule has 1 heterocycles. The Balaban J connectivity index is 1.71. The van der Waals surface area contributed by atoms with Gasteiger partial charge in [-0.2, -0.15) is 11.8 Å². The predicted molar refractivity (Wildman–Crippen MR) is 111 cm³/mol. The van der Waals surface area contributed by atoms with Crippen molar-refractivity contribution in [3.05, 3.63) is 48.3 Å². The number of nitrogens with zero attached hydrogens (tertiary/aromatic N) is 2. The highest BCUT2D eigenvalue weighted by Gasteiger charge is 2.23. The summed E-state index contributed by atoms with van der Waals surface area (Å²) in [6.45, 7) is 0. The minimum Gasteiger partial charge on any atom is -0.378 e. The number of aromatic nitrogens is 1. The Bertz CT molecular complexity index is 745. The van der Waals surface area contributed by atoms with E-state index in [4.69, 9.17) is 0 Å². The summed E-state index contributed by atoms with van der Waals surface area (Å²) in [5, 5.41) is 3.86. The lowest BCUT2D eigenvalue weighted by Crippen LogP contribution is -2.39. The molecule has 1 aromatic heterocycles. The Morgan fingerprint density at radius 2 is 1.92 bits per heavy atom. The van der Waals surface area contributed by atoms with E-state index in [1.807, 2.05) is 38.1 Å². The lowest BCUT2D eigenvalue weighted by molar-refractivity contribution is 0.0928. The van der Waals surface area contributed by atoms with Gasteiger partial charge >= 0.3 is 0 Å². The Morgan fingerprint density at radius 3 is 2.62 bits per heavy atom.